The number of fused-ring (bicyclic) bond motifs is 1. The van der Waals surface area contributed by atoms with Crippen LogP contribution in [0, 0.1) is 13.8 Å². The summed E-state index contributed by atoms with van der Waals surface area (Å²) in [7, 11) is 0. The van der Waals surface area contributed by atoms with Crippen LogP contribution >= 0.6 is 34.5 Å². The lowest BCUT2D eigenvalue weighted by molar-refractivity contribution is 0.296. The molecule has 0 aliphatic rings. The number of aryl methyl sites for hydroxylation is 2. The predicted octanol–water partition coefficient (Wildman–Crippen LogP) is 4.46. The summed E-state index contributed by atoms with van der Waals surface area (Å²) in [6.45, 7) is 4.59. The largest absolute Gasteiger partial charge is 0.489 e. The fourth-order valence-corrected chi connectivity index (χ4v) is 3.79. The standard InChI is InChI=1S/C16H14Cl2N2O2S/c1-9-10(2)23-15-13(9)16(21)20(8-19-15)6-7-22-14-11(17)4-3-5-12(14)18/h3-5,8H,6-7H2,1-2H3. The Morgan fingerprint density at radius 1 is 1.26 bits per heavy atom. The van der Waals surface area contributed by atoms with Gasteiger partial charge in [-0.2, -0.15) is 0 Å². The Balaban J connectivity index is 1.81. The molecule has 0 fully saturated rings. The Hall–Kier alpha value is -1.56. The molecule has 0 spiro atoms. The van der Waals surface area contributed by atoms with Crippen molar-refractivity contribution in [2.45, 2.75) is 20.4 Å². The van der Waals surface area contributed by atoms with Gasteiger partial charge in [-0.05, 0) is 31.5 Å². The quantitative estimate of drug-likeness (QED) is 0.682. The van der Waals surface area contributed by atoms with Crippen molar-refractivity contribution in [3.05, 3.63) is 55.4 Å². The van der Waals surface area contributed by atoms with Crippen molar-refractivity contribution in [3.8, 4) is 5.75 Å². The van der Waals surface area contributed by atoms with Crippen LogP contribution in [0.2, 0.25) is 10.0 Å². The number of para-hydroxylation sites is 1. The maximum Gasteiger partial charge on any atom is 0.262 e. The van der Waals surface area contributed by atoms with Crippen molar-refractivity contribution >= 4 is 44.8 Å². The van der Waals surface area contributed by atoms with E-state index >= 15 is 0 Å². The van der Waals surface area contributed by atoms with Gasteiger partial charge < -0.3 is 4.74 Å². The molecule has 0 atom stereocenters. The van der Waals surface area contributed by atoms with Gasteiger partial charge in [0.15, 0.2) is 5.75 Å². The van der Waals surface area contributed by atoms with Crippen LogP contribution in [-0.4, -0.2) is 16.2 Å². The third-order valence-corrected chi connectivity index (χ3v) is 5.36. The summed E-state index contributed by atoms with van der Waals surface area (Å²) < 4.78 is 7.17. The second-order valence-corrected chi connectivity index (χ2v) is 7.12. The van der Waals surface area contributed by atoms with E-state index in [2.05, 4.69) is 4.98 Å². The third-order valence-electron chi connectivity index (χ3n) is 3.65. The normalized spacial score (nSPS) is 11.1. The lowest BCUT2D eigenvalue weighted by Gasteiger charge is -2.10. The molecule has 2 aromatic heterocycles. The Morgan fingerprint density at radius 3 is 2.65 bits per heavy atom. The van der Waals surface area contributed by atoms with E-state index in [1.54, 1.807) is 29.1 Å². The smallest absolute Gasteiger partial charge is 0.262 e. The molecular formula is C16H14Cl2N2O2S. The first-order valence-corrected chi connectivity index (χ1v) is 8.58. The Labute approximate surface area is 147 Å². The number of nitrogens with zero attached hydrogens (tertiary/aromatic N) is 2. The molecule has 0 aliphatic heterocycles. The molecule has 0 radical (unpaired) electrons. The molecule has 7 heteroatoms. The summed E-state index contributed by atoms with van der Waals surface area (Å²) in [4.78, 5) is 18.8. The van der Waals surface area contributed by atoms with Crippen LogP contribution in [0.25, 0.3) is 10.2 Å². The van der Waals surface area contributed by atoms with Crippen LogP contribution in [-0.2, 0) is 6.54 Å². The molecule has 120 valence electrons. The molecule has 3 rings (SSSR count). The van der Waals surface area contributed by atoms with Gasteiger partial charge in [0, 0.05) is 4.88 Å². The first kappa shape index (κ1) is 16.3. The van der Waals surface area contributed by atoms with Crippen molar-refractivity contribution in [3.63, 3.8) is 0 Å². The summed E-state index contributed by atoms with van der Waals surface area (Å²) in [6.07, 6.45) is 1.55. The third kappa shape index (κ3) is 3.09. The van der Waals surface area contributed by atoms with E-state index in [-0.39, 0.29) is 12.2 Å². The van der Waals surface area contributed by atoms with Crippen LogP contribution < -0.4 is 10.3 Å². The zero-order valence-electron chi connectivity index (χ0n) is 12.6. The molecule has 0 amide bonds. The Morgan fingerprint density at radius 2 is 1.96 bits per heavy atom. The van der Waals surface area contributed by atoms with Crippen LogP contribution in [0.4, 0.5) is 0 Å². The van der Waals surface area contributed by atoms with Crippen molar-refractivity contribution in [1.29, 1.82) is 0 Å². The summed E-state index contributed by atoms with van der Waals surface area (Å²) in [6, 6.07) is 5.17. The van der Waals surface area contributed by atoms with E-state index in [1.165, 1.54) is 11.3 Å². The molecule has 0 saturated heterocycles. The van der Waals surface area contributed by atoms with Crippen LogP contribution in [0.1, 0.15) is 10.4 Å². The highest BCUT2D eigenvalue weighted by Gasteiger charge is 2.12. The van der Waals surface area contributed by atoms with Crippen molar-refractivity contribution in [2.24, 2.45) is 0 Å². The highest BCUT2D eigenvalue weighted by molar-refractivity contribution is 7.18. The summed E-state index contributed by atoms with van der Waals surface area (Å²) in [5.41, 5.74) is 0.942. The lowest BCUT2D eigenvalue weighted by atomic mass is 10.2. The first-order valence-electron chi connectivity index (χ1n) is 7.01. The molecule has 0 aliphatic carbocycles. The van der Waals surface area contributed by atoms with Crippen LogP contribution in [0.5, 0.6) is 5.75 Å². The van der Waals surface area contributed by atoms with Gasteiger partial charge in [-0.3, -0.25) is 9.36 Å². The van der Waals surface area contributed by atoms with Gasteiger partial charge in [0.25, 0.3) is 5.56 Å². The van der Waals surface area contributed by atoms with Crippen LogP contribution in [0.15, 0.2) is 29.3 Å². The van der Waals surface area contributed by atoms with Crippen molar-refractivity contribution < 1.29 is 4.74 Å². The molecule has 23 heavy (non-hydrogen) atoms. The second-order valence-electron chi connectivity index (χ2n) is 5.11. The van der Waals surface area contributed by atoms with Crippen molar-refractivity contribution in [1.82, 2.24) is 9.55 Å². The van der Waals surface area contributed by atoms with E-state index in [0.29, 0.717) is 27.7 Å². The Kier molecular flexibility index (Phi) is 4.62. The first-order chi connectivity index (χ1) is 11.0. The number of hydrogen-bond donors (Lipinski definition) is 0. The molecule has 0 bridgehead atoms. The molecule has 1 aromatic carbocycles. The van der Waals surface area contributed by atoms with Gasteiger partial charge >= 0.3 is 0 Å². The minimum absolute atomic E-state index is 0.0503. The van der Waals surface area contributed by atoms with E-state index in [9.17, 15) is 4.79 Å². The average molecular weight is 369 g/mol. The van der Waals surface area contributed by atoms with Gasteiger partial charge in [0.05, 0.1) is 28.3 Å². The maximum absolute atomic E-state index is 12.6. The monoisotopic (exact) mass is 368 g/mol. The molecule has 2 heterocycles. The van der Waals surface area contributed by atoms with E-state index in [0.717, 1.165) is 15.3 Å². The predicted molar refractivity (Wildman–Crippen MR) is 95.3 cm³/mol. The highest BCUT2D eigenvalue weighted by atomic mass is 35.5. The Bertz CT molecular complexity index is 913. The molecule has 0 N–H and O–H groups in total. The molecular weight excluding hydrogens is 355 g/mol. The molecule has 0 unspecified atom stereocenters. The average Bonchev–Trinajstić information content (AvgIpc) is 2.80. The van der Waals surface area contributed by atoms with Gasteiger partial charge in [-0.15, -0.1) is 11.3 Å². The summed E-state index contributed by atoms with van der Waals surface area (Å²) in [5.74, 6) is 0.431. The fraction of sp³-hybridized carbons (Fsp3) is 0.250. The van der Waals surface area contributed by atoms with Crippen LogP contribution in [0.3, 0.4) is 0 Å². The number of aromatic nitrogens is 2. The summed E-state index contributed by atoms with van der Waals surface area (Å²) >= 11 is 13.6. The maximum atomic E-state index is 12.6. The zero-order valence-corrected chi connectivity index (χ0v) is 14.9. The highest BCUT2D eigenvalue weighted by Crippen LogP contribution is 2.32. The van der Waals surface area contributed by atoms with Gasteiger partial charge in [-0.25, -0.2) is 4.98 Å². The SMILES string of the molecule is Cc1sc2ncn(CCOc3c(Cl)cccc3Cl)c(=O)c2c1C. The van der Waals surface area contributed by atoms with E-state index < -0.39 is 0 Å². The fourth-order valence-electron chi connectivity index (χ4n) is 2.30. The van der Waals surface area contributed by atoms with Gasteiger partial charge in [0.1, 0.15) is 11.4 Å². The van der Waals surface area contributed by atoms with E-state index in [1.807, 2.05) is 13.8 Å². The number of halogens is 2. The second kappa shape index (κ2) is 6.51. The minimum Gasteiger partial charge on any atom is -0.489 e. The van der Waals surface area contributed by atoms with Gasteiger partial charge in [0.2, 0.25) is 0 Å². The number of thiophene rings is 1. The topological polar surface area (TPSA) is 44.1 Å². The summed E-state index contributed by atoms with van der Waals surface area (Å²) in [5, 5.41) is 1.58. The van der Waals surface area contributed by atoms with Gasteiger partial charge in [-0.1, -0.05) is 29.3 Å². The zero-order chi connectivity index (χ0) is 16.6. The molecule has 0 saturated carbocycles. The number of ether oxygens (including phenoxy) is 1. The molecule has 4 nitrogen and oxygen atoms in total. The number of benzene rings is 1. The van der Waals surface area contributed by atoms with Crippen molar-refractivity contribution in [2.75, 3.05) is 6.61 Å². The van der Waals surface area contributed by atoms with E-state index in [4.69, 9.17) is 27.9 Å². The number of rotatable bonds is 4. The minimum atomic E-state index is -0.0503. The lowest BCUT2D eigenvalue weighted by Crippen LogP contribution is -2.23. The number of hydrogen-bond acceptors (Lipinski definition) is 4. The molecule has 3 aromatic rings.